The molecule has 1 saturated heterocycles. The van der Waals surface area contributed by atoms with Gasteiger partial charge in [0.2, 0.25) is 0 Å². The predicted octanol–water partition coefficient (Wildman–Crippen LogP) is 6.07. The lowest BCUT2D eigenvalue weighted by Crippen LogP contribution is -2.47. The molecular formula is C28H47N3O. The number of carbonyl (C=O) groups excluding carboxylic acids is 1. The van der Waals surface area contributed by atoms with Crippen LogP contribution in [-0.2, 0) is 0 Å². The highest BCUT2D eigenvalue weighted by molar-refractivity contribution is 6.00. The molecule has 2 aliphatic rings. The van der Waals surface area contributed by atoms with Gasteiger partial charge in [-0.25, -0.2) is 0 Å². The lowest BCUT2D eigenvalue weighted by atomic mass is 9.68. The normalized spacial score (nSPS) is 22.9. The van der Waals surface area contributed by atoms with Crippen LogP contribution in [0.1, 0.15) is 102 Å². The molecule has 0 radical (unpaired) electrons. The van der Waals surface area contributed by atoms with E-state index in [-0.39, 0.29) is 11.9 Å². The third kappa shape index (κ3) is 6.27. The molecule has 0 spiro atoms. The molecule has 0 aromatic heterocycles. The van der Waals surface area contributed by atoms with E-state index in [0.717, 1.165) is 37.7 Å². The van der Waals surface area contributed by atoms with Gasteiger partial charge in [0.05, 0.1) is 11.3 Å². The lowest BCUT2D eigenvalue weighted by molar-refractivity contribution is 0.0943. The third-order valence-electron chi connectivity index (χ3n) is 7.64. The largest absolute Gasteiger partial charge is 0.368 e. The summed E-state index contributed by atoms with van der Waals surface area (Å²) in [6, 6.07) is 6.61. The van der Waals surface area contributed by atoms with Crippen molar-refractivity contribution >= 4 is 11.6 Å². The van der Waals surface area contributed by atoms with Crippen molar-refractivity contribution in [1.29, 1.82) is 0 Å². The Morgan fingerprint density at radius 2 is 1.72 bits per heavy atom. The summed E-state index contributed by atoms with van der Waals surface area (Å²) in [6.07, 6.45) is 7.58. The first-order valence-corrected chi connectivity index (χ1v) is 13.1. The average Bonchev–Trinajstić information content (AvgIpc) is 2.76. The van der Waals surface area contributed by atoms with Crippen LogP contribution in [0.5, 0.6) is 0 Å². The van der Waals surface area contributed by atoms with Gasteiger partial charge < -0.3 is 10.2 Å². The molecule has 1 N–H and O–H groups in total. The first-order valence-electron chi connectivity index (χ1n) is 13.1. The molecule has 0 bridgehead atoms. The highest BCUT2D eigenvalue weighted by Gasteiger charge is 2.33. The number of carbonyl (C=O) groups is 1. The van der Waals surface area contributed by atoms with Crippen LogP contribution in [0.3, 0.4) is 0 Å². The van der Waals surface area contributed by atoms with Crippen LogP contribution in [0, 0.1) is 11.3 Å². The summed E-state index contributed by atoms with van der Waals surface area (Å²) in [7, 11) is 0. The van der Waals surface area contributed by atoms with E-state index in [4.69, 9.17) is 0 Å². The number of hydrogen-bond acceptors (Lipinski definition) is 3. The molecule has 2 fully saturated rings. The van der Waals surface area contributed by atoms with Gasteiger partial charge in [0, 0.05) is 32.2 Å². The minimum Gasteiger partial charge on any atom is -0.368 e. The Balaban J connectivity index is 1.85. The minimum atomic E-state index is 0.0774. The Morgan fingerprint density at radius 1 is 1.06 bits per heavy atom. The average molecular weight is 442 g/mol. The molecule has 0 atom stereocenters. The van der Waals surface area contributed by atoms with Gasteiger partial charge in [0.25, 0.3) is 5.91 Å². The number of para-hydroxylation sites is 1. The Bertz CT molecular complexity index is 736. The summed E-state index contributed by atoms with van der Waals surface area (Å²) in [5, 5.41) is 3.16. The SMILES string of the molecule is CCCCN1CCN(c2c(C(=O)NC(C)C)cccc2C2CCC(C(C)(C)C)CC2)CC1. The van der Waals surface area contributed by atoms with E-state index in [9.17, 15) is 4.79 Å². The zero-order chi connectivity index (χ0) is 23.3. The molecule has 1 saturated carbocycles. The molecule has 4 heteroatoms. The van der Waals surface area contributed by atoms with Crippen molar-refractivity contribution in [3.05, 3.63) is 29.3 Å². The maximum Gasteiger partial charge on any atom is 0.253 e. The predicted molar refractivity (Wildman–Crippen MR) is 137 cm³/mol. The molecule has 1 aromatic rings. The Labute approximate surface area is 197 Å². The quantitative estimate of drug-likeness (QED) is 0.558. The zero-order valence-corrected chi connectivity index (χ0v) is 21.5. The third-order valence-corrected chi connectivity index (χ3v) is 7.64. The second-order valence-electron chi connectivity index (χ2n) is 11.5. The molecule has 1 amide bonds. The fraction of sp³-hybridized carbons (Fsp3) is 0.750. The maximum absolute atomic E-state index is 13.2. The van der Waals surface area contributed by atoms with Crippen molar-refractivity contribution in [2.24, 2.45) is 11.3 Å². The van der Waals surface area contributed by atoms with Gasteiger partial charge in [-0.15, -0.1) is 0 Å². The van der Waals surface area contributed by atoms with Gasteiger partial charge in [-0.1, -0.05) is 46.2 Å². The van der Waals surface area contributed by atoms with Crippen molar-refractivity contribution in [3.63, 3.8) is 0 Å². The van der Waals surface area contributed by atoms with Gasteiger partial charge in [-0.3, -0.25) is 9.69 Å². The second kappa shape index (κ2) is 11.0. The van der Waals surface area contributed by atoms with Crippen LogP contribution < -0.4 is 10.2 Å². The number of nitrogens with zero attached hydrogens (tertiary/aromatic N) is 2. The molecule has 0 unspecified atom stereocenters. The van der Waals surface area contributed by atoms with E-state index in [1.165, 1.54) is 56.3 Å². The van der Waals surface area contributed by atoms with E-state index in [1.807, 2.05) is 19.9 Å². The van der Waals surface area contributed by atoms with E-state index in [0.29, 0.717) is 11.3 Å². The van der Waals surface area contributed by atoms with Gasteiger partial charge in [-0.2, -0.15) is 0 Å². The highest BCUT2D eigenvalue weighted by atomic mass is 16.1. The first-order chi connectivity index (χ1) is 15.2. The van der Waals surface area contributed by atoms with E-state index >= 15 is 0 Å². The summed E-state index contributed by atoms with van der Waals surface area (Å²) < 4.78 is 0. The smallest absolute Gasteiger partial charge is 0.253 e. The zero-order valence-electron chi connectivity index (χ0n) is 21.5. The van der Waals surface area contributed by atoms with Gasteiger partial charge in [0.15, 0.2) is 0 Å². The number of amides is 1. The van der Waals surface area contributed by atoms with Crippen molar-refractivity contribution in [2.75, 3.05) is 37.6 Å². The van der Waals surface area contributed by atoms with E-state index in [1.54, 1.807) is 0 Å². The number of anilines is 1. The van der Waals surface area contributed by atoms with Gasteiger partial charge in [-0.05, 0) is 81.4 Å². The van der Waals surface area contributed by atoms with Gasteiger partial charge in [0.1, 0.15) is 0 Å². The topological polar surface area (TPSA) is 35.6 Å². The summed E-state index contributed by atoms with van der Waals surface area (Å²) in [6.45, 7) is 18.9. The number of nitrogens with one attached hydrogen (secondary N) is 1. The summed E-state index contributed by atoms with van der Waals surface area (Å²) >= 11 is 0. The van der Waals surface area contributed by atoms with Crippen LogP contribution in [0.4, 0.5) is 5.69 Å². The van der Waals surface area contributed by atoms with Crippen molar-refractivity contribution in [2.45, 2.75) is 92.0 Å². The van der Waals surface area contributed by atoms with Crippen molar-refractivity contribution < 1.29 is 4.79 Å². The fourth-order valence-corrected chi connectivity index (χ4v) is 5.61. The number of unbranched alkanes of at least 4 members (excludes halogenated alkanes) is 1. The van der Waals surface area contributed by atoms with E-state index in [2.05, 4.69) is 54.9 Å². The fourth-order valence-electron chi connectivity index (χ4n) is 5.61. The maximum atomic E-state index is 13.2. The van der Waals surface area contributed by atoms with Crippen LogP contribution >= 0.6 is 0 Å². The molecular weight excluding hydrogens is 394 g/mol. The number of rotatable bonds is 7. The number of hydrogen-bond donors (Lipinski definition) is 1. The Hall–Kier alpha value is -1.55. The van der Waals surface area contributed by atoms with Crippen LogP contribution in [-0.4, -0.2) is 49.6 Å². The van der Waals surface area contributed by atoms with Crippen LogP contribution in [0.15, 0.2) is 18.2 Å². The molecule has 1 aliphatic heterocycles. The van der Waals surface area contributed by atoms with Crippen molar-refractivity contribution in [1.82, 2.24) is 10.2 Å². The molecule has 3 rings (SSSR count). The van der Waals surface area contributed by atoms with Crippen LogP contribution in [0.25, 0.3) is 0 Å². The second-order valence-corrected chi connectivity index (χ2v) is 11.5. The molecule has 180 valence electrons. The Kier molecular flexibility index (Phi) is 8.66. The monoisotopic (exact) mass is 441 g/mol. The highest BCUT2D eigenvalue weighted by Crippen LogP contribution is 2.46. The molecule has 1 heterocycles. The summed E-state index contributed by atoms with van der Waals surface area (Å²) in [5.41, 5.74) is 3.90. The number of piperazine rings is 1. The standard InChI is InChI=1S/C28H47N3O/c1-7-8-16-30-17-19-31(20-18-30)26-24(10-9-11-25(26)27(32)29-21(2)3)22-12-14-23(15-13-22)28(4,5)6/h9-11,21-23H,7-8,12-20H2,1-6H3,(H,29,32). The van der Waals surface area contributed by atoms with Gasteiger partial charge >= 0.3 is 0 Å². The van der Waals surface area contributed by atoms with Crippen molar-refractivity contribution in [3.8, 4) is 0 Å². The molecule has 1 aliphatic carbocycles. The Morgan fingerprint density at radius 3 is 2.28 bits per heavy atom. The first kappa shape index (κ1) is 25.1. The molecule has 4 nitrogen and oxygen atoms in total. The van der Waals surface area contributed by atoms with E-state index < -0.39 is 0 Å². The molecule has 1 aromatic carbocycles. The molecule has 32 heavy (non-hydrogen) atoms. The number of benzene rings is 1. The summed E-state index contributed by atoms with van der Waals surface area (Å²) in [4.78, 5) is 18.3. The summed E-state index contributed by atoms with van der Waals surface area (Å²) in [5.74, 6) is 1.44. The van der Waals surface area contributed by atoms with Crippen LogP contribution in [0.2, 0.25) is 0 Å². The lowest BCUT2D eigenvalue weighted by Gasteiger charge is -2.41. The minimum absolute atomic E-state index is 0.0774.